The van der Waals surface area contributed by atoms with Crippen LogP contribution in [0.1, 0.15) is 22.8 Å². The molecule has 1 unspecified atom stereocenters. The number of nitrogens with zero attached hydrogens (tertiary/aromatic N) is 3. The summed E-state index contributed by atoms with van der Waals surface area (Å²) in [6.07, 6.45) is 4.24. The number of rotatable bonds is 5. The van der Waals surface area contributed by atoms with Crippen LogP contribution in [0.15, 0.2) is 24.4 Å². The first kappa shape index (κ1) is 18.1. The lowest BCUT2D eigenvalue weighted by atomic mass is 10.1. The normalized spacial score (nSPS) is 18.5. The monoisotopic (exact) mass is 363 g/mol. The van der Waals surface area contributed by atoms with E-state index < -0.39 is 10.0 Å². The van der Waals surface area contributed by atoms with E-state index in [1.807, 2.05) is 19.1 Å². The fraction of sp³-hybridized carbons (Fsp3) is 0.500. The molecule has 2 aromatic rings. The van der Waals surface area contributed by atoms with E-state index in [-0.39, 0.29) is 0 Å². The number of carbonyl (C=O) groups excluding carboxylic acids is 1. The third-order valence-electron chi connectivity index (χ3n) is 5.22. The van der Waals surface area contributed by atoms with E-state index in [9.17, 15) is 13.2 Å². The van der Waals surface area contributed by atoms with Crippen molar-refractivity contribution in [2.45, 2.75) is 26.4 Å². The van der Waals surface area contributed by atoms with Gasteiger partial charge in [0.1, 0.15) is 6.29 Å². The van der Waals surface area contributed by atoms with Gasteiger partial charge in [0.2, 0.25) is 10.0 Å². The van der Waals surface area contributed by atoms with E-state index in [0.717, 1.165) is 48.0 Å². The number of carbonyl (C=O) groups is 1. The van der Waals surface area contributed by atoms with Gasteiger partial charge in [-0.25, -0.2) is 8.42 Å². The Hall–Kier alpha value is -1.70. The number of benzene rings is 1. The van der Waals surface area contributed by atoms with Crippen molar-refractivity contribution < 1.29 is 13.2 Å². The first-order valence-electron chi connectivity index (χ1n) is 8.54. The maximum Gasteiger partial charge on any atom is 0.211 e. The van der Waals surface area contributed by atoms with Gasteiger partial charge in [0.15, 0.2) is 0 Å². The summed E-state index contributed by atoms with van der Waals surface area (Å²) in [5, 5.41) is 1.11. The summed E-state index contributed by atoms with van der Waals surface area (Å²) < 4.78 is 27.0. The van der Waals surface area contributed by atoms with E-state index in [0.29, 0.717) is 19.1 Å². The average molecular weight is 363 g/mol. The van der Waals surface area contributed by atoms with Crippen molar-refractivity contribution in [3.63, 3.8) is 0 Å². The Morgan fingerprint density at radius 1 is 1.16 bits per heavy atom. The number of hydrogen-bond donors (Lipinski definition) is 0. The molecule has 0 aliphatic carbocycles. The second-order valence-electron chi connectivity index (χ2n) is 6.85. The second kappa shape index (κ2) is 6.90. The highest BCUT2D eigenvalue weighted by atomic mass is 32.2. The van der Waals surface area contributed by atoms with E-state index >= 15 is 0 Å². The Morgan fingerprint density at radius 2 is 1.84 bits per heavy atom. The zero-order valence-corrected chi connectivity index (χ0v) is 15.8. The van der Waals surface area contributed by atoms with Gasteiger partial charge in [0.25, 0.3) is 0 Å². The van der Waals surface area contributed by atoms with Crippen molar-refractivity contribution in [3.05, 3.63) is 35.5 Å². The summed E-state index contributed by atoms with van der Waals surface area (Å²) in [5.74, 6) is 0. The van der Waals surface area contributed by atoms with Gasteiger partial charge in [0, 0.05) is 61.4 Å². The van der Waals surface area contributed by atoms with E-state index in [2.05, 4.69) is 28.7 Å². The van der Waals surface area contributed by atoms with Crippen molar-refractivity contribution in [2.75, 3.05) is 32.4 Å². The molecule has 1 saturated heterocycles. The van der Waals surface area contributed by atoms with Crippen LogP contribution in [0.5, 0.6) is 0 Å². The molecule has 1 aliphatic heterocycles. The summed E-state index contributed by atoms with van der Waals surface area (Å²) in [4.78, 5) is 13.4. The minimum atomic E-state index is -3.09. The number of piperazine rings is 1. The van der Waals surface area contributed by atoms with Crippen LogP contribution in [0.4, 0.5) is 0 Å². The zero-order valence-electron chi connectivity index (χ0n) is 15.0. The van der Waals surface area contributed by atoms with Gasteiger partial charge in [-0.05, 0) is 37.6 Å². The standard InChI is InChI=1S/C18H25N3O3S/c1-14(19-8-10-21(11-9-19)25(3,23)24)12-20-7-6-17-15(2)16(13-22)4-5-18(17)20/h4-7,13-14H,8-12H2,1-3H3. The van der Waals surface area contributed by atoms with Gasteiger partial charge < -0.3 is 4.57 Å². The minimum Gasteiger partial charge on any atom is -0.346 e. The predicted octanol–water partition coefficient (Wildman–Crippen LogP) is 1.73. The fourth-order valence-corrected chi connectivity index (χ4v) is 4.43. The molecule has 6 nitrogen and oxygen atoms in total. The van der Waals surface area contributed by atoms with Crippen LogP contribution >= 0.6 is 0 Å². The van der Waals surface area contributed by atoms with Gasteiger partial charge in [-0.3, -0.25) is 9.69 Å². The van der Waals surface area contributed by atoms with E-state index in [4.69, 9.17) is 0 Å². The topological polar surface area (TPSA) is 62.6 Å². The lowest BCUT2D eigenvalue weighted by Gasteiger charge is -2.37. The molecule has 1 aliphatic rings. The average Bonchev–Trinajstić information content (AvgIpc) is 2.98. The zero-order chi connectivity index (χ0) is 18.2. The summed E-state index contributed by atoms with van der Waals surface area (Å²) in [6.45, 7) is 7.60. The molecule has 1 aromatic carbocycles. The van der Waals surface area contributed by atoms with Gasteiger partial charge in [0.05, 0.1) is 6.26 Å². The smallest absolute Gasteiger partial charge is 0.211 e. The molecule has 3 rings (SSSR count). The number of aryl methyl sites for hydroxylation is 1. The van der Waals surface area contributed by atoms with Crippen LogP contribution in [0.3, 0.4) is 0 Å². The van der Waals surface area contributed by atoms with Crippen LogP contribution in [0.25, 0.3) is 10.9 Å². The molecular weight excluding hydrogens is 338 g/mol. The Kier molecular flexibility index (Phi) is 4.99. The highest BCUT2D eigenvalue weighted by Gasteiger charge is 2.26. The van der Waals surface area contributed by atoms with Crippen LogP contribution in [-0.2, 0) is 16.6 Å². The molecule has 136 valence electrons. The largest absolute Gasteiger partial charge is 0.346 e. The maximum absolute atomic E-state index is 11.6. The highest BCUT2D eigenvalue weighted by molar-refractivity contribution is 7.88. The molecule has 0 bridgehead atoms. The Bertz CT molecular complexity index is 880. The van der Waals surface area contributed by atoms with Gasteiger partial charge in [-0.1, -0.05) is 0 Å². The fourth-order valence-electron chi connectivity index (χ4n) is 3.60. The maximum atomic E-state index is 11.6. The van der Waals surface area contributed by atoms with Gasteiger partial charge in [-0.2, -0.15) is 4.31 Å². The quantitative estimate of drug-likeness (QED) is 0.759. The molecule has 1 atom stereocenters. The van der Waals surface area contributed by atoms with Crippen molar-refractivity contribution in [1.82, 2.24) is 13.8 Å². The molecule has 1 aromatic heterocycles. The van der Waals surface area contributed by atoms with Gasteiger partial charge in [-0.15, -0.1) is 0 Å². The molecule has 2 heterocycles. The first-order chi connectivity index (χ1) is 11.8. The number of hydrogen-bond acceptors (Lipinski definition) is 4. The summed E-state index contributed by atoms with van der Waals surface area (Å²) in [6, 6.07) is 6.24. The lowest BCUT2D eigenvalue weighted by Crippen LogP contribution is -2.51. The molecule has 0 spiro atoms. The van der Waals surface area contributed by atoms with E-state index in [1.54, 1.807) is 4.31 Å². The second-order valence-corrected chi connectivity index (χ2v) is 8.83. The third-order valence-corrected chi connectivity index (χ3v) is 6.52. The summed E-state index contributed by atoms with van der Waals surface area (Å²) >= 11 is 0. The van der Waals surface area contributed by atoms with Crippen molar-refractivity contribution in [2.24, 2.45) is 0 Å². The number of fused-ring (bicyclic) bond motifs is 1. The van der Waals surface area contributed by atoms with E-state index in [1.165, 1.54) is 6.26 Å². The number of aldehydes is 1. The first-order valence-corrected chi connectivity index (χ1v) is 10.4. The molecule has 0 radical (unpaired) electrons. The third kappa shape index (κ3) is 3.63. The van der Waals surface area contributed by atoms with Crippen molar-refractivity contribution in [1.29, 1.82) is 0 Å². The molecular formula is C18H25N3O3S. The Morgan fingerprint density at radius 3 is 2.44 bits per heavy atom. The number of aromatic nitrogens is 1. The van der Waals surface area contributed by atoms with Crippen LogP contribution in [0.2, 0.25) is 0 Å². The Labute approximate surface area is 149 Å². The molecule has 0 saturated carbocycles. The van der Waals surface area contributed by atoms with Crippen molar-refractivity contribution in [3.8, 4) is 0 Å². The molecule has 25 heavy (non-hydrogen) atoms. The summed E-state index contributed by atoms with van der Waals surface area (Å²) in [7, 11) is -3.09. The van der Waals surface area contributed by atoms with Crippen LogP contribution < -0.4 is 0 Å². The lowest BCUT2D eigenvalue weighted by molar-refractivity contribution is 0.112. The minimum absolute atomic E-state index is 0.309. The predicted molar refractivity (Wildman–Crippen MR) is 99.5 cm³/mol. The Balaban J connectivity index is 1.72. The van der Waals surface area contributed by atoms with Crippen LogP contribution in [0, 0.1) is 6.92 Å². The molecule has 1 fully saturated rings. The summed E-state index contributed by atoms with van der Waals surface area (Å²) in [5.41, 5.74) is 2.88. The highest BCUT2D eigenvalue weighted by Crippen LogP contribution is 2.23. The molecule has 0 N–H and O–H groups in total. The van der Waals surface area contributed by atoms with Gasteiger partial charge >= 0.3 is 0 Å². The van der Waals surface area contributed by atoms with Crippen molar-refractivity contribution >= 4 is 27.2 Å². The molecule has 0 amide bonds. The van der Waals surface area contributed by atoms with Crippen LogP contribution in [-0.4, -0.2) is 67.0 Å². The molecule has 7 heteroatoms. The number of sulfonamides is 1. The SMILES string of the molecule is Cc1c(C=O)ccc2c1ccn2CC(C)N1CCN(S(C)(=O)=O)CC1.